The van der Waals surface area contributed by atoms with E-state index in [2.05, 4.69) is 0 Å². The van der Waals surface area contributed by atoms with Crippen LogP contribution in [-0.2, 0) is 0 Å². The molecule has 0 saturated carbocycles. The maximum absolute atomic E-state index is 13.7. The molecule has 0 radical (unpaired) electrons. The van der Waals surface area contributed by atoms with E-state index in [1.807, 2.05) is 22.6 Å². The number of primary amides is 2. The van der Waals surface area contributed by atoms with Gasteiger partial charge >= 0.3 is 0 Å². The van der Waals surface area contributed by atoms with Gasteiger partial charge in [-0.05, 0) is 52.4 Å². The summed E-state index contributed by atoms with van der Waals surface area (Å²) in [7, 11) is 0. The molecule has 0 aliphatic heterocycles. The van der Waals surface area contributed by atoms with Crippen LogP contribution in [0.25, 0.3) is 11.1 Å². The van der Waals surface area contributed by atoms with E-state index in [0.717, 1.165) is 0 Å². The lowest BCUT2D eigenvalue weighted by Gasteiger charge is -2.11. The molecule has 2 aromatic rings. The van der Waals surface area contributed by atoms with Crippen molar-refractivity contribution in [2.75, 3.05) is 0 Å². The van der Waals surface area contributed by atoms with Crippen LogP contribution in [0.1, 0.15) is 20.7 Å². The molecule has 20 heavy (non-hydrogen) atoms. The zero-order valence-electron chi connectivity index (χ0n) is 10.2. The third-order valence-corrected chi connectivity index (χ3v) is 3.68. The van der Waals surface area contributed by atoms with Gasteiger partial charge in [0.25, 0.3) is 0 Å². The Kier molecular flexibility index (Phi) is 4.03. The van der Waals surface area contributed by atoms with Gasteiger partial charge in [0.05, 0.1) is 0 Å². The Bertz CT molecular complexity index is 684. The van der Waals surface area contributed by atoms with Gasteiger partial charge in [0.15, 0.2) is 0 Å². The van der Waals surface area contributed by atoms with Crippen LogP contribution in [0.15, 0.2) is 36.4 Å². The van der Waals surface area contributed by atoms with Gasteiger partial charge < -0.3 is 11.5 Å². The fraction of sp³-hybridized carbons (Fsp3) is 0. The molecule has 0 saturated heterocycles. The van der Waals surface area contributed by atoms with Crippen LogP contribution in [0.5, 0.6) is 0 Å². The van der Waals surface area contributed by atoms with Crippen molar-refractivity contribution in [3.63, 3.8) is 0 Å². The van der Waals surface area contributed by atoms with Gasteiger partial charge in [-0.25, -0.2) is 4.39 Å². The highest BCUT2D eigenvalue weighted by molar-refractivity contribution is 14.1. The summed E-state index contributed by atoms with van der Waals surface area (Å²) in [6.45, 7) is 0. The summed E-state index contributed by atoms with van der Waals surface area (Å²) in [5, 5.41) is 0. The standard InChI is InChI=1S/C14H10FIN2O2/c15-10-6-7(4-5-11(10)16)12-8(13(17)19)2-1-3-9(12)14(18)20/h1-6H,(H2,17,19)(H2,18,20). The lowest BCUT2D eigenvalue weighted by Crippen LogP contribution is -2.18. The van der Waals surface area contributed by atoms with Crippen LogP contribution in [0.4, 0.5) is 4.39 Å². The summed E-state index contributed by atoms with van der Waals surface area (Å²) in [4.78, 5) is 23.0. The monoisotopic (exact) mass is 384 g/mol. The van der Waals surface area contributed by atoms with E-state index in [1.54, 1.807) is 12.1 Å². The second-order valence-electron chi connectivity index (χ2n) is 4.09. The number of rotatable bonds is 3. The normalized spacial score (nSPS) is 10.3. The molecule has 2 rings (SSSR count). The molecule has 2 aromatic carbocycles. The van der Waals surface area contributed by atoms with Gasteiger partial charge in [0.1, 0.15) is 5.82 Å². The summed E-state index contributed by atoms with van der Waals surface area (Å²) in [5.41, 5.74) is 11.5. The first kappa shape index (κ1) is 14.4. The fourth-order valence-electron chi connectivity index (χ4n) is 1.93. The molecule has 0 bridgehead atoms. The maximum Gasteiger partial charge on any atom is 0.249 e. The number of hydrogen-bond acceptors (Lipinski definition) is 2. The van der Waals surface area contributed by atoms with Crippen molar-refractivity contribution in [1.82, 2.24) is 0 Å². The molecule has 0 fully saturated rings. The first-order valence-corrected chi connectivity index (χ1v) is 6.67. The van der Waals surface area contributed by atoms with Crippen molar-refractivity contribution >= 4 is 34.4 Å². The van der Waals surface area contributed by atoms with E-state index < -0.39 is 17.6 Å². The summed E-state index contributed by atoms with van der Waals surface area (Å²) in [6.07, 6.45) is 0. The predicted molar refractivity (Wildman–Crippen MR) is 81.6 cm³/mol. The topological polar surface area (TPSA) is 86.2 Å². The van der Waals surface area contributed by atoms with Crippen molar-refractivity contribution in [2.45, 2.75) is 0 Å². The van der Waals surface area contributed by atoms with Gasteiger partial charge in [-0.1, -0.05) is 12.1 Å². The number of amides is 2. The first-order valence-electron chi connectivity index (χ1n) is 5.60. The Morgan fingerprint density at radius 3 is 2.00 bits per heavy atom. The van der Waals surface area contributed by atoms with Gasteiger partial charge in [0, 0.05) is 20.3 Å². The maximum atomic E-state index is 13.7. The molecule has 102 valence electrons. The molecule has 0 heterocycles. The summed E-state index contributed by atoms with van der Waals surface area (Å²) < 4.78 is 14.1. The SMILES string of the molecule is NC(=O)c1cccc(C(N)=O)c1-c1ccc(I)c(F)c1. The highest BCUT2D eigenvalue weighted by Crippen LogP contribution is 2.29. The number of nitrogens with two attached hydrogens (primary N) is 2. The Hall–Kier alpha value is -1.96. The van der Waals surface area contributed by atoms with Crippen molar-refractivity contribution < 1.29 is 14.0 Å². The molecule has 0 spiro atoms. The molecule has 0 aliphatic rings. The Balaban J connectivity index is 2.79. The van der Waals surface area contributed by atoms with Crippen LogP contribution in [0, 0.1) is 9.39 Å². The van der Waals surface area contributed by atoms with Crippen molar-refractivity contribution in [2.24, 2.45) is 11.5 Å². The molecule has 0 atom stereocenters. The average molecular weight is 384 g/mol. The molecule has 0 aromatic heterocycles. The lowest BCUT2D eigenvalue weighted by atomic mass is 9.93. The summed E-state index contributed by atoms with van der Waals surface area (Å²) in [5.74, 6) is -1.86. The van der Waals surface area contributed by atoms with Crippen LogP contribution in [-0.4, -0.2) is 11.8 Å². The van der Waals surface area contributed by atoms with E-state index in [-0.39, 0.29) is 16.7 Å². The molecule has 4 nitrogen and oxygen atoms in total. The number of carbonyl (C=O) groups is 2. The lowest BCUT2D eigenvalue weighted by molar-refractivity contribution is 0.0999. The number of hydrogen-bond donors (Lipinski definition) is 2. The highest BCUT2D eigenvalue weighted by atomic mass is 127. The average Bonchev–Trinajstić information content (AvgIpc) is 2.41. The second-order valence-corrected chi connectivity index (χ2v) is 5.25. The number of halogens is 2. The van der Waals surface area contributed by atoms with Crippen LogP contribution >= 0.6 is 22.6 Å². The van der Waals surface area contributed by atoms with Crippen molar-refractivity contribution in [3.05, 3.63) is 56.9 Å². The van der Waals surface area contributed by atoms with Crippen LogP contribution in [0.3, 0.4) is 0 Å². The smallest absolute Gasteiger partial charge is 0.249 e. The predicted octanol–water partition coefficient (Wildman–Crippen LogP) is 2.30. The van der Waals surface area contributed by atoms with E-state index in [0.29, 0.717) is 9.13 Å². The van der Waals surface area contributed by atoms with E-state index >= 15 is 0 Å². The van der Waals surface area contributed by atoms with E-state index in [9.17, 15) is 14.0 Å². The zero-order chi connectivity index (χ0) is 14.9. The molecule has 2 amide bonds. The minimum atomic E-state index is -0.706. The molecule has 4 N–H and O–H groups in total. The largest absolute Gasteiger partial charge is 0.366 e. The Morgan fingerprint density at radius 1 is 1.00 bits per heavy atom. The molecule has 0 aliphatic carbocycles. The highest BCUT2D eigenvalue weighted by Gasteiger charge is 2.18. The van der Waals surface area contributed by atoms with Crippen molar-refractivity contribution in [1.29, 1.82) is 0 Å². The minimum absolute atomic E-state index is 0.127. The molecular weight excluding hydrogens is 374 g/mol. The van der Waals surface area contributed by atoms with Gasteiger partial charge in [-0.3, -0.25) is 9.59 Å². The van der Waals surface area contributed by atoms with Gasteiger partial charge in [0.2, 0.25) is 11.8 Å². The zero-order valence-corrected chi connectivity index (χ0v) is 12.3. The minimum Gasteiger partial charge on any atom is -0.366 e. The van der Waals surface area contributed by atoms with E-state index in [4.69, 9.17) is 11.5 Å². The third kappa shape index (κ3) is 2.64. The Labute approximate surface area is 128 Å². The van der Waals surface area contributed by atoms with Crippen LogP contribution < -0.4 is 11.5 Å². The first-order chi connectivity index (χ1) is 9.41. The van der Waals surface area contributed by atoms with Crippen LogP contribution in [0.2, 0.25) is 0 Å². The quantitative estimate of drug-likeness (QED) is 0.796. The summed E-state index contributed by atoms with van der Waals surface area (Å²) in [6, 6.07) is 8.86. The molecule has 0 unspecified atom stereocenters. The van der Waals surface area contributed by atoms with Crippen molar-refractivity contribution in [3.8, 4) is 11.1 Å². The summed E-state index contributed by atoms with van der Waals surface area (Å²) >= 11 is 1.85. The Morgan fingerprint density at radius 2 is 1.55 bits per heavy atom. The molecular formula is C14H10FIN2O2. The fourth-order valence-corrected chi connectivity index (χ4v) is 2.26. The van der Waals surface area contributed by atoms with E-state index in [1.165, 1.54) is 24.3 Å². The van der Waals surface area contributed by atoms with Gasteiger partial charge in [-0.2, -0.15) is 0 Å². The van der Waals surface area contributed by atoms with Gasteiger partial charge in [-0.15, -0.1) is 0 Å². The molecule has 6 heteroatoms. The second kappa shape index (κ2) is 5.58. The third-order valence-electron chi connectivity index (χ3n) is 2.80. The number of carbonyl (C=O) groups excluding carboxylic acids is 2. The number of benzene rings is 2.